The van der Waals surface area contributed by atoms with Crippen LogP contribution in [0, 0.1) is 0 Å². The molecule has 1 N–H and O–H groups in total. The number of hydrogen-bond acceptors (Lipinski definition) is 3. The third-order valence-electron chi connectivity index (χ3n) is 2.92. The molecule has 1 aromatic carbocycles. The Morgan fingerprint density at radius 3 is 2.21 bits per heavy atom. The lowest BCUT2D eigenvalue weighted by molar-refractivity contribution is 0.281. The molecule has 19 heavy (non-hydrogen) atoms. The minimum atomic E-state index is -0.00639. The molecule has 2 rings (SSSR count). The summed E-state index contributed by atoms with van der Waals surface area (Å²) in [5, 5.41) is 8.94. The summed E-state index contributed by atoms with van der Waals surface area (Å²) in [5.41, 5.74) is 2.18. The predicted molar refractivity (Wildman–Crippen MR) is 75.4 cm³/mol. The highest BCUT2D eigenvalue weighted by molar-refractivity contribution is 5.33. The molecule has 0 saturated heterocycles. The summed E-state index contributed by atoms with van der Waals surface area (Å²) in [4.78, 5) is 4.13. The molecule has 0 amide bonds. The van der Waals surface area contributed by atoms with Gasteiger partial charge in [0.2, 0.25) is 5.88 Å². The second kappa shape index (κ2) is 5.41. The van der Waals surface area contributed by atoms with E-state index in [1.807, 2.05) is 12.1 Å². The van der Waals surface area contributed by atoms with Gasteiger partial charge in [0.05, 0.1) is 6.61 Å². The van der Waals surface area contributed by atoms with E-state index in [9.17, 15) is 0 Å². The fourth-order valence-electron chi connectivity index (χ4n) is 1.71. The SMILES string of the molecule is CC(C)(C)c1ccc(Oc2ccc(CO)cn2)cc1. The lowest BCUT2D eigenvalue weighted by Gasteiger charge is -2.19. The Hall–Kier alpha value is -1.87. The van der Waals surface area contributed by atoms with Crippen LogP contribution in [0.1, 0.15) is 31.9 Å². The van der Waals surface area contributed by atoms with E-state index >= 15 is 0 Å². The Bertz CT molecular complexity index is 524. The van der Waals surface area contributed by atoms with E-state index in [2.05, 4.69) is 37.9 Å². The van der Waals surface area contributed by atoms with Gasteiger partial charge in [-0.05, 0) is 34.7 Å². The van der Waals surface area contributed by atoms with Crippen LogP contribution in [0.5, 0.6) is 11.6 Å². The van der Waals surface area contributed by atoms with Crippen molar-refractivity contribution < 1.29 is 9.84 Å². The second-order valence-corrected chi connectivity index (χ2v) is 5.54. The van der Waals surface area contributed by atoms with Crippen LogP contribution in [0.3, 0.4) is 0 Å². The van der Waals surface area contributed by atoms with E-state index in [0.717, 1.165) is 11.3 Å². The van der Waals surface area contributed by atoms with Crippen molar-refractivity contribution in [2.24, 2.45) is 0 Å². The number of hydrogen-bond donors (Lipinski definition) is 1. The van der Waals surface area contributed by atoms with Crippen molar-refractivity contribution >= 4 is 0 Å². The zero-order chi connectivity index (χ0) is 13.9. The molecule has 3 heteroatoms. The number of aromatic nitrogens is 1. The molecule has 2 aromatic rings. The Kier molecular flexibility index (Phi) is 3.86. The van der Waals surface area contributed by atoms with Gasteiger partial charge in [-0.15, -0.1) is 0 Å². The third kappa shape index (κ3) is 3.55. The monoisotopic (exact) mass is 257 g/mol. The minimum absolute atomic E-state index is 0.00639. The van der Waals surface area contributed by atoms with Crippen LogP contribution in [0.15, 0.2) is 42.6 Å². The normalized spacial score (nSPS) is 11.4. The highest BCUT2D eigenvalue weighted by Gasteiger charge is 2.13. The van der Waals surface area contributed by atoms with Gasteiger partial charge >= 0.3 is 0 Å². The largest absolute Gasteiger partial charge is 0.439 e. The molecule has 0 aliphatic carbocycles. The number of rotatable bonds is 3. The molecular weight excluding hydrogens is 238 g/mol. The average Bonchev–Trinajstić information content (AvgIpc) is 2.39. The molecule has 0 radical (unpaired) electrons. The first-order valence-electron chi connectivity index (χ1n) is 6.33. The van der Waals surface area contributed by atoms with E-state index in [1.165, 1.54) is 5.56 Å². The van der Waals surface area contributed by atoms with Gasteiger partial charge in [0.1, 0.15) is 5.75 Å². The van der Waals surface area contributed by atoms with Gasteiger partial charge in [-0.2, -0.15) is 0 Å². The molecule has 0 fully saturated rings. The van der Waals surface area contributed by atoms with Gasteiger partial charge < -0.3 is 9.84 Å². The fraction of sp³-hybridized carbons (Fsp3) is 0.312. The van der Waals surface area contributed by atoms with Crippen LogP contribution < -0.4 is 4.74 Å². The molecular formula is C16H19NO2. The van der Waals surface area contributed by atoms with E-state index < -0.39 is 0 Å². The standard InChI is InChI=1S/C16H19NO2/c1-16(2,3)13-5-7-14(8-6-13)19-15-9-4-12(11-18)10-17-15/h4-10,18H,11H2,1-3H3. The van der Waals surface area contributed by atoms with E-state index in [-0.39, 0.29) is 12.0 Å². The van der Waals surface area contributed by atoms with Crippen molar-refractivity contribution in [3.05, 3.63) is 53.7 Å². The number of nitrogens with zero attached hydrogens (tertiary/aromatic N) is 1. The van der Waals surface area contributed by atoms with Gasteiger partial charge in [0, 0.05) is 12.3 Å². The molecule has 0 atom stereocenters. The topological polar surface area (TPSA) is 42.4 Å². The van der Waals surface area contributed by atoms with Gasteiger partial charge in [-0.3, -0.25) is 0 Å². The first-order valence-corrected chi connectivity index (χ1v) is 6.33. The van der Waals surface area contributed by atoms with E-state index in [1.54, 1.807) is 18.3 Å². The van der Waals surface area contributed by atoms with E-state index in [4.69, 9.17) is 9.84 Å². The smallest absolute Gasteiger partial charge is 0.219 e. The maximum absolute atomic E-state index is 8.94. The number of benzene rings is 1. The molecule has 0 unspecified atom stereocenters. The first-order chi connectivity index (χ1) is 8.99. The zero-order valence-electron chi connectivity index (χ0n) is 11.6. The van der Waals surface area contributed by atoms with Gasteiger partial charge in [-0.1, -0.05) is 32.9 Å². The summed E-state index contributed by atoms with van der Waals surface area (Å²) in [6, 6.07) is 11.6. The van der Waals surface area contributed by atoms with Gasteiger partial charge in [0.25, 0.3) is 0 Å². The molecule has 0 bridgehead atoms. The number of aliphatic hydroxyl groups is 1. The van der Waals surface area contributed by atoms with Crippen LogP contribution in [0.25, 0.3) is 0 Å². The quantitative estimate of drug-likeness (QED) is 0.912. The molecule has 1 aromatic heterocycles. The number of ether oxygens (including phenoxy) is 1. The zero-order valence-corrected chi connectivity index (χ0v) is 11.6. The Morgan fingerprint density at radius 2 is 1.74 bits per heavy atom. The third-order valence-corrected chi connectivity index (χ3v) is 2.92. The minimum Gasteiger partial charge on any atom is -0.439 e. The van der Waals surface area contributed by atoms with Gasteiger partial charge in [0.15, 0.2) is 0 Å². The molecule has 0 aliphatic heterocycles. The first kappa shape index (κ1) is 13.6. The van der Waals surface area contributed by atoms with Crippen LogP contribution in [0.2, 0.25) is 0 Å². The molecule has 1 heterocycles. The highest BCUT2D eigenvalue weighted by atomic mass is 16.5. The Balaban J connectivity index is 2.10. The van der Waals surface area contributed by atoms with Crippen LogP contribution in [-0.4, -0.2) is 10.1 Å². The number of aliphatic hydroxyl groups excluding tert-OH is 1. The molecule has 0 spiro atoms. The molecule has 100 valence electrons. The number of pyridine rings is 1. The molecule has 0 saturated carbocycles. The van der Waals surface area contributed by atoms with Crippen LogP contribution in [-0.2, 0) is 12.0 Å². The predicted octanol–water partition coefficient (Wildman–Crippen LogP) is 3.66. The molecule has 3 nitrogen and oxygen atoms in total. The average molecular weight is 257 g/mol. The maximum atomic E-state index is 8.94. The van der Waals surface area contributed by atoms with Crippen molar-refractivity contribution in [3.63, 3.8) is 0 Å². The Labute approximate surface area is 113 Å². The van der Waals surface area contributed by atoms with Crippen LogP contribution >= 0.6 is 0 Å². The highest BCUT2D eigenvalue weighted by Crippen LogP contribution is 2.26. The lowest BCUT2D eigenvalue weighted by Crippen LogP contribution is -2.10. The van der Waals surface area contributed by atoms with Crippen LogP contribution in [0.4, 0.5) is 0 Å². The summed E-state index contributed by atoms with van der Waals surface area (Å²) in [6.07, 6.45) is 1.61. The lowest BCUT2D eigenvalue weighted by atomic mass is 9.87. The van der Waals surface area contributed by atoms with E-state index in [0.29, 0.717) is 5.88 Å². The summed E-state index contributed by atoms with van der Waals surface area (Å²) >= 11 is 0. The Morgan fingerprint density at radius 1 is 1.05 bits per heavy atom. The van der Waals surface area contributed by atoms with Crippen molar-refractivity contribution in [3.8, 4) is 11.6 Å². The summed E-state index contributed by atoms with van der Waals surface area (Å²) in [6.45, 7) is 6.53. The van der Waals surface area contributed by atoms with Crippen molar-refractivity contribution in [2.75, 3.05) is 0 Å². The summed E-state index contributed by atoms with van der Waals surface area (Å²) < 4.78 is 5.65. The maximum Gasteiger partial charge on any atom is 0.219 e. The van der Waals surface area contributed by atoms with Crippen molar-refractivity contribution in [2.45, 2.75) is 32.8 Å². The summed E-state index contributed by atoms with van der Waals surface area (Å²) in [5.74, 6) is 1.29. The van der Waals surface area contributed by atoms with Gasteiger partial charge in [-0.25, -0.2) is 4.98 Å². The summed E-state index contributed by atoms with van der Waals surface area (Å²) in [7, 11) is 0. The fourth-order valence-corrected chi connectivity index (χ4v) is 1.71. The molecule has 0 aliphatic rings. The van der Waals surface area contributed by atoms with Crippen molar-refractivity contribution in [1.29, 1.82) is 0 Å². The second-order valence-electron chi connectivity index (χ2n) is 5.54. The van der Waals surface area contributed by atoms with Crippen molar-refractivity contribution in [1.82, 2.24) is 4.98 Å².